The first kappa shape index (κ1) is 23.5. The SMILES string of the molecule is O=C1Nc2cc(/C=C/CNC(=O)c3nccc(Nc4ccc(F)c(F)c4)n3)ccc2C1=Cc1cnc[nH]1. The summed E-state index contributed by atoms with van der Waals surface area (Å²) in [5.74, 6) is -2.49. The molecule has 0 spiro atoms. The fraction of sp³-hybridized carbons (Fsp3) is 0.0385. The second kappa shape index (κ2) is 10.2. The zero-order valence-corrected chi connectivity index (χ0v) is 19.1. The summed E-state index contributed by atoms with van der Waals surface area (Å²) in [6, 6.07) is 10.4. The van der Waals surface area contributed by atoms with Gasteiger partial charge in [-0.3, -0.25) is 9.59 Å². The summed E-state index contributed by atoms with van der Waals surface area (Å²) in [6.45, 7) is 0.206. The lowest BCUT2D eigenvalue weighted by Gasteiger charge is -2.07. The van der Waals surface area contributed by atoms with Crippen LogP contribution in [0.15, 0.2) is 67.3 Å². The summed E-state index contributed by atoms with van der Waals surface area (Å²) < 4.78 is 26.5. The maximum atomic E-state index is 13.4. The number of nitrogens with one attached hydrogen (secondary N) is 4. The Hall–Kier alpha value is -5.19. The first-order valence-corrected chi connectivity index (χ1v) is 11.1. The first-order chi connectivity index (χ1) is 18.0. The summed E-state index contributed by atoms with van der Waals surface area (Å²) in [4.78, 5) is 39.8. The molecular weight excluding hydrogens is 480 g/mol. The number of H-pyrrole nitrogens is 1. The van der Waals surface area contributed by atoms with Crippen LogP contribution in [0, 0.1) is 11.6 Å². The molecule has 4 aromatic rings. The van der Waals surface area contributed by atoms with E-state index in [9.17, 15) is 18.4 Å². The fourth-order valence-electron chi connectivity index (χ4n) is 3.65. The van der Waals surface area contributed by atoms with Gasteiger partial charge in [-0.25, -0.2) is 23.7 Å². The van der Waals surface area contributed by atoms with E-state index in [0.717, 1.165) is 29.0 Å². The van der Waals surface area contributed by atoms with Crippen molar-refractivity contribution in [2.24, 2.45) is 0 Å². The van der Waals surface area contributed by atoms with Crippen molar-refractivity contribution in [3.8, 4) is 0 Å². The molecule has 0 saturated carbocycles. The van der Waals surface area contributed by atoms with Gasteiger partial charge < -0.3 is 20.9 Å². The second-order valence-electron chi connectivity index (χ2n) is 7.96. The molecule has 0 unspecified atom stereocenters. The van der Waals surface area contributed by atoms with Crippen LogP contribution in [0.5, 0.6) is 0 Å². The third kappa shape index (κ3) is 5.40. The molecule has 0 radical (unpaired) electrons. The Morgan fingerprint density at radius 2 is 1.97 bits per heavy atom. The van der Waals surface area contributed by atoms with Crippen molar-refractivity contribution in [3.05, 3.63) is 102 Å². The number of aromatic nitrogens is 4. The number of anilines is 3. The molecule has 3 heterocycles. The quantitative estimate of drug-likeness (QED) is 0.283. The Labute approximate surface area is 209 Å². The Kier molecular flexibility index (Phi) is 6.49. The molecule has 5 rings (SSSR count). The van der Waals surface area contributed by atoms with Gasteiger partial charge in [0.2, 0.25) is 5.82 Å². The minimum Gasteiger partial charge on any atom is -0.346 e. The molecule has 2 aromatic heterocycles. The Morgan fingerprint density at radius 1 is 1.08 bits per heavy atom. The van der Waals surface area contributed by atoms with Crippen molar-refractivity contribution in [3.63, 3.8) is 0 Å². The number of fused-ring (bicyclic) bond motifs is 1. The topological polar surface area (TPSA) is 125 Å². The van der Waals surface area contributed by atoms with E-state index >= 15 is 0 Å². The van der Waals surface area contributed by atoms with Gasteiger partial charge in [0.1, 0.15) is 5.82 Å². The highest BCUT2D eigenvalue weighted by molar-refractivity contribution is 6.34. The maximum Gasteiger partial charge on any atom is 0.289 e. The number of nitrogens with zero attached hydrogens (tertiary/aromatic N) is 3. The molecule has 0 fully saturated rings. The van der Waals surface area contributed by atoms with Crippen molar-refractivity contribution in [2.45, 2.75) is 0 Å². The molecule has 37 heavy (non-hydrogen) atoms. The number of rotatable bonds is 7. The molecular formula is C26H19F2N7O2. The van der Waals surface area contributed by atoms with Crippen LogP contribution in [0.1, 0.15) is 27.4 Å². The van der Waals surface area contributed by atoms with Gasteiger partial charge in [0, 0.05) is 35.7 Å². The highest BCUT2D eigenvalue weighted by Gasteiger charge is 2.24. The third-order valence-corrected chi connectivity index (χ3v) is 5.39. The zero-order valence-electron chi connectivity index (χ0n) is 19.1. The van der Waals surface area contributed by atoms with Gasteiger partial charge in [0.25, 0.3) is 11.8 Å². The van der Waals surface area contributed by atoms with Crippen molar-refractivity contribution in [1.29, 1.82) is 0 Å². The van der Waals surface area contributed by atoms with Crippen LogP contribution >= 0.6 is 0 Å². The normalized spacial score (nSPS) is 13.6. The second-order valence-corrected chi connectivity index (χ2v) is 7.96. The lowest BCUT2D eigenvalue weighted by molar-refractivity contribution is -0.110. The molecule has 2 aromatic carbocycles. The van der Waals surface area contributed by atoms with Gasteiger partial charge in [-0.1, -0.05) is 24.3 Å². The van der Waals surface area contributed by atoms with Crippen LogP contribution < -0.4 is 16.0 Å². The van der Waals surface area contributed by atoms with E-state index in [1.807, 2.05) is 24.3 Å². The Morgan fingerprint density at radius 3 is 2.78 bits per heavy atom. The standard InChI is InChI=1S/C26H19F2N7O2/c27-20-6-4-16(12-21(20)28)33-23-7-9-30-24(35-23)26(37)31-8-1-2-15-3-5-18-19(11-17-13-29-14-32-17)25(36)34-22(18)10-15/h1-7,9-14H,8H2,(H,29,32)(H,31,37)(H,34,36)(H,30,33,35)/b2-1+,19-11?. The smallest absolute Gasteiger partial charge is 0.289 e. The summed E-state index contributed by atoms with van der Waals surface area (Å²) in [5, 5.41) is 8.35. The highest BCUT2D eigenvalue weighted by Crippen LogP contribution is 2.33. The molecule has 11 heteroatoms. The average Bonchev–Trinajstić information content (AvgIpc) is 3.52. The van der Waals surface area contributed by atoms with E-state index in [4.69, 9.17) is 0 Å². The van der Waals surface area contributed by atoms with Gasteiger partial charge in [-0.15, -0.1) is 0 Å². The lowest BCUT2D eigenvalue weighted by Crippen LogP contribution is -2.25. The van der Waals surface area contributed by atoms with E-state index in [2.05, 4.69) is 35.9 Å². The molecule has 0 aliphatic carbocycles. The van der Waals surface area contributed by atoms with Gasteiger partial charge in [0.05, 0.1) is 23.8 Å². The van der Waals surface area contributed by atoms with E-state index < -0.39 is 17.5 Å². The molecule has 1 aliphatic rings. The van der Waals surface area contributed by atoms with Crippen LogP contribution in [-0.4, -0.2) is 38.3 Å². The van der Waals surface area contributed by atoms with Crippen molar-refractivity contribution in [2.75, 3.05) is 17.2 Å². The number of imidazole rings is 1. The van der Waals surface area contributed by atoms with E-state index in [1.54, 1.807) is 24.7 Å². The third-order valence-electron chi connectivity index (χ3n) is 5.39. The van der Waals surface area contributed by atoms with Crippen LogP contribution in [0.3, 0.4) is 0 Å². The van der Waals surface area contributed by atoms with Gasteiger partial charge >= 0.3 is 0 Å². The lowest BCUT2D eigenvalue weighted by atomic mass is 10.0. The number of halogens is 2. The van der Waals surface area contributed by atoms with Crippen LogP contribution in [0.25, 0.3) is 17.7 Å². The number of amides is 2. The van der Waals surface area contributed by atoms with E-state index in [-0.39, 0.29) is 29.8 Å². The predicted molar refractivity (Wildman–Crippen MR) is 135 cm³/mol. The van der Waals surface area contributed by atoms with Crippen molar-refractivity contribution < 1.29 is 18.4 Å². The minimum absolute atomic E-state index is 0.0854. The fourth-order valence-corrected chi connectivity index (χ4v) is 3.65. The zero-order chi connectivity index (χ0) is 25.8. The highest BCUT2D eigenvalue weighted by atomic mass is 19.2. The van der Waals surface area contributed by atoms with Crippen LogP contribution in [-0.2, 0) is 4.79 Å². The monoisotopic (exact) mass is 499 g/mol. The van der Waals surface area contributed by atoms with Crippen molar-refractivity contribution in [1.82, 2.24) is 25.3 Å². The number of hydrogen-bond acceptors (Lipinski definition) is 6. The molecule has 0 bridgehead atoms. The Bertz CT molecular complexity index is 1550. The van der Waals surface area contributed by atoms with Gasteiger partial charge in [-0.2, -0.15) is 0 Å². The van der Waals surface area contributed by atoms with E-state index in [1.165, 1.54) is 18.3 Å². The molecule has 2 amide bonds. The summed E-state index contributed by atoms with van der Waals surface area (Å²) >= 11 is 0. The minimum atomic E-state index is -0.999. The molecule has 1 aliphatic heterocycles. The van der Waals surface area contributed by atoms with Crippen LogP contribution in [0.4, 0.5) is 26.0 Å². The number of benzene rings is 2. The number of carbonyl (C=O) groups excluding carboxylic acids is 2. The summed E-state index contributed by atoms with van der Waals surface area (Å²) in [5.41, 5.74) is 3.88. The average molecular weight is 499 g/mol. The van der Waals surface area contributed by atoms with Crippen LogP contribution in [0.2, 0.25) is 0 Å². The largest absolute Gasteiger partial charge is 0.346 e. The summed E-state index contributed by atoms with van der Waals surface area (Å²) in [7, 11) is 0. The molecule has 9 nitrogen and oxygen atoms in total. The molecule has 184 valence electrons. The predicted octanol–water partition coefficient (Wildman–Crippen LogP) is 4.16. The number of hydrogen-bond donors (Lipinski definition) is 4. The molecule has 0 saturated heterocycles. The number of aromatic amines is 1. The summed E-state index contributed by atoms with van der Waals surface area (Å²) in [6.07, 6.45) is 9.86. The first-order valence-electron chi connectivity index (χ1n) is 11.1. The van der Waals surface area contributed by atoms with Gasteiger partial charge in [0.15, 0.2) is 11.6 Å². The van der Waals surface area contributed by atoms with Crippen molar-refractivity contribution >= 4 is 46.7 Å². The van der Waals surface area contributed by atoms with Gasteiger partial charge in [-0.05, 0) is 35.9 Å². The van der Waals surface area contributed by atoms with E-state index in [0.29, 0.717) is 11.3 Å². The molecule has 4 N–H and O–H groups in total. The Balaban J connectivity index is 1.19. The number of carbonyl (C=O) groups is 2. The molecule has 0 atom stereocenters. The maximum absolute atomic E-state index is 13.4.